The topological polar surface area (TPSA) is 140 Å². The molecule has 2 aromatic rings. The van der Waals surface area contributed by atoms with E-state index in [1.807, 2.05) is 11.8 Å². The molecular formula is C27H35N5O7S2. The maximum absolute atomic E-state index is 13.4. The van der Waals surface area contributed by atoms with Gasteiger partial charge in [-0.25, -0.2) is 13.4 Å². The van der Waals surface area contributed by atoms with Gasteiger partial charge < -0.3 is 19.2 Å². The number of aromatic nitrogens is 1. The van der Waals surface area contributed by atoms with E-state index in [1.54, 1.807) is 18.3 Å². The Bertz CT molecular complexity index is 1370. The molecule has 2 aliphatic heterocycles. The van der Waals surface area contributed by atoms with Crippen LogP contribution in [0.4, 0.5) is 5.13 Å². The number of sulfone groups is 1. The van der Waals surface area contributed by atoms with E-state index in [2.05, 4.69) is 20.4 Å². The molecule has 0 radical (unpaired) electrons. The van der Waals surface area contributed by atoms with Crippen LogP contribution in [0.3, 0.4) is 0 Å². The van der Waals surface area contributed by atoms with E-state index in [4.69, 9.17) is 14.3 Å². The van der Waals surface area contributed by atoms with Crippen molar-refractivity contribution >= 4 is 43.8 Å². The van der Waals surface area contributed by atoms with Gasteiger partial charge in [0.05, 0.1) is 23.4 Å². The number of nitrogens with one attached hydrogen (secondary N) is 1. The smallest absolute Gasteiger partial charge is 0.280 e. The van der Waals surface area contributed by atoms with Gasteiger partial charge in [-0.3, -0.25) is 19.8 Å². The number of carbonyl (C=O) groups is 2. The normalized spacial score (nSPS) is 22.1. The SMILES string of the molecule is COCC(=O)N1CCN(Cc2cnc(NC(=O)C(=NO[C@@H]3CCOC3)c3ccc(S(=O)(=O)C4CC4)cc3)s2)C[C@H]1C. The minimum atomic E-state index is -3.35. The van der Waals surface area contributed by atoms with Gasteiger partial charge in [0, 0.05) is 62.4 Å². The average molecular weight is 606 g/mol. The van der Waals surface area contributed by atoms with Crippen LogP contribution in [0.5, 0.6) is 0 Å². The van der Waals surface area contributed by atoms with E-state index in [9.17, 15) is 18.0 Å². The average Bonchev–Trinajstić information content (AvgIpc) is 3.53. The summed E-state index contributed by atoms with van der Waals surface area (Å²) < 4.78 is 35.5. The molecular weight excluding hydrogens is 570 g/mol. The van der Waals surface area contributed by atoms with Crippen molar-refractivity contribution in [3.8, 4) is 0 Å². The zero-order valence-corrected chi connectivity index (χ0v) is 24.8. The summed E-state index contributed by atoms with van der Waals surface area (Å²) in [6.07, 6.45) is 3.49. The zero-order chi connectivity index (χ0) is 29.0. The van der Waals surface area contributed by atoms with Gasteiger partial charge in [0.2, 0.25) is 5.91 Å². The standard InChI is InChI=1S/C27H35N5O7S2/c1-18-14-31(10-11-32(18)24(33)17-37-2)15-21-13-28-27(40-21)29-26(34)25(30-39-20-9-12-38-16-20)19-3-5-22(6-4-19)41(35,36)23-7-8-23/h3-6,13,18,20,23H,7-12,14-17H2,1-2H3,(H,28,29,34)/t18-,20-/m1/s1. The molecule has 3 fully saturated rings. The lowest BCUT2D eigenvalue weighted by molar-refractivity contribution is -0.139. The van der Waals surface area contributed by atoms with E-state index in [0.717, 1.165) is 18.0 Å². The minimum Gasteiger partial charge on any atom is -0.389 e. The molecule has 2 amide bonds. The maximum Gasteiger partial charge on any atom is 0.280 e. The van der Waals surface area contributed by atoms with E-state index in [-0.39, 0.29) is 40.5 Å². The van der Waals surface area contributed by atoms with Gasteiger partial charge >= 0.3 is 0 Å². The zero-order valence-electron chi connectivity index (χ0n) is 23.2. The molecule has 222 valence electrons. The van der Waals surface area contributed by atoms with Crippen molar-refractivity contribution in [3.63, 3.8) is 0 Å². The van der Waals surface area contributed by atoms with Crippen molar-refractivity contribution in [2.24, 2.45) is 5.16 Å². The number of piperazine rings is 1. The Labute approximate surface area is 243 Å². The lowest BCUT2D eigenvalue weighted by atomic mass is 10.1. The number of oxime groups is 1. The highest BCUT2D eigenvalue weighted by Gasteiger charge is 2.37. The van der Waals surface area contributed by atoms with Crippen LogP contribution < -0.4 is 5.32 Å². The molecule has 1 aromatic heterocycles. The Kier molecular flexibility index (Phi) is 9.34. The quantitative estimate of drug-likeness (QED) is 0.301. The molecule has 0 spiro atoms. The third kappa shape index (κ3) is 7.30. The highest BCUT2D eigenvalue weighted by molar-refractivity contribution is 7.92. The summed E-state index contributed by atoms with van der Waals surface area (Å²) in [5, 5.41) is 7.07. The van der Waals surface area contributed by atoms with E-state index in [0.29, 0.717) is 56.3 Å². The summed E-state index contributed by atoms with van der Waals surface area (Å²) in [6.45, 7) is 5.77. The first-order valence-electron chi connectivity index (χ1n) is 13.7. The Morgan fingerprint density at radius 3 is 2.63 bits per heavy atom. The number of nitrogens with zero attached hydrogens (tertiary/aromatic N) is 4. The first-order valence-corrected chi connectivity index (χ1v) is 16.0. The first kappa shape index (κ1) is 29.6. The second kappa shape index (κ2) is 12.9. The fraction of sp³-hybridized carbons (Fsp3) is 0.556. The molecule has 0 bridgehead atoms. The monoisotopic (exact) mass is 605 g/mol. The molecule has 1 saturated carbocycles. The Morgan fingerprint density at radius 2 is 1.98 bits per heavy atom. The third-order valence-electron chi connectivity index (χ3n) is 7.27. The maximum atomic E-state index is 13.4. The van der Waals surface area contributed by atoms with Crippen LogP contribution in [0.1, 0.15) is 36.6 Å². The summed E-state index contributed by atoms with van der Waals surface area (Å²) in [6, 6.07) is 6.24. The van der Waals surface area contributed by atoms with Gasteiger partial charge in [0.25, 0.3) is 5.91 Å². The van der Waals surface area contributed by atoms with E-state index in [1.165, 1.54) is 30.6 Å². The summed E-state index contributed by atoms with van der Waals surface area (Å²) in [4.78, 5) is 40.9. The van der Waals surface area contributed by atoms with Crippen molar-refractivity contribution in [1.82, 2.24) is 14.8 Å². The van der Waals surface area contributed by atoms with Crippen molar-refractivity contribution in [2.45, 2.75) is 55.0 Å². The number of ether oxygens (including phenoxy) is 2. The van der Waals surface area contributed by atoms with Crippen LogP contribution in [-0.2, 0) is 40.3 Å². The molecule has 1 aliphatic carbocycles. The highest BCUT2D eigenvalue weighted by atomic mass is 32.2. The number of hydrogen-bond donors (Lipinski definition) is 1. The summed E-state index contributed by atoms with van der Waals surface area (Å²) in [5.74, 6) is -0.523. The molecule has 12 nitrogen and oxygen atoms in total. The molecule has 1 N–H and O–H groups in total. The van der Waals surface area contributed by atoms with Crippen LogP contribution in [0.15, 0.2) is 40.5 Å². The van der Waals surface area contributed by atoms with Crippen molar-refractivity contribution in [1.29, 1.82) is 0 Å². The van der Waals surface area contributed by atoms with Gasteiger partial charge in [-0.1, -0.05) is 17.3 Å². The van der Waals surface area contributed by atoms with Gasteiger partial charge in [-0.2, -0.15) is 0 Å². The van der Waals surface area contributed by atoms with Crippen LogP contribution in [0, 0.1) is 0 Å². The molecule has 2 atom stereocenters. The van der Waals surface area contributed by atoms with Gasteiger partial charge in [-0.05, 0) is 31.9 Å². The molecule has 5 rings (SSSR count). The Balaban J connectivity index is 1.24. The fourth-order valence-corrected chi connectivity index (χ4v) is 7.40. The summed E-state index contributed by atoms with van der Waals surface area (Å²) in [5.41, 5.74) is 0.456. The number of benzene rings is 1. The third-order valence-corrected chi connectivity index (χ3v) is 10.4. The molecule has 1 aromatic carbocycles. The number of anilines is 1. The number of amides is 2. The molecule has 3 heterocycles. The second-order valence-corrected chi connectivity index (χ2v) is 13.8. The summed E-state index contributed by atoms with van der Waals surface area (Å²) >= 11 is 1.36. The lowest BCUT2D eigenvalue weighted by Gasteiger charge is -2.39. The minimum absolute atomic E-state index is 0.0106. The van der Waals surface area contributed by atoms with Gasteiger partial charge in [0.15, 0.2) is 26.8 Å². The number of methoxy groups -OCH3 is 1. The first-order chi connectivity index (χ1) is 19.7. The number of carbonyl (C=O) groups excluding carboxylic acids is 2. The molecule has 3 aliphatic rings. The van der Waals surface area contributed by atoms with E-state index < -0.39 is 15.7 Å². The largest absolute Gasteiger partial charge is 0.389 e. The lowest BCUT2D eigenvalue weighted by Crippen LogP contribution is -2.54. The Hall–Kier alpha value is -2.91. The van der Waals surface area contributed by atoms with Crippen LogP contribution in [0.25, 0.3) is 0 Å². The molecule has 2 saturated heterocycles. The predicted octanol–water partition coefficient (Wildman–Crippen LogP) is 1.91. The van der Waals surface area contributed by atoms with Crippen LogP contribution >= 0.6 is 11.3 Å². The van der Waals surface area contributed by atoms with Crippen molar-refractivity contribution in [3.05, 3.63) is 40.9 Å². The number of thiazole rings is 1. The van der Waals surface area contributed by atoms with Crippen LogP contribution in [-0.4, -0.2) is 105 Å². The number of rotatable bonds is 11. The van der Waals surface area contributed by atoms with Crippen molar-refractivity contribution < 1.29 is 32.3 Å². The highest BCUT2D eigenvalue weighted by Crippen LogP contribution is 2.33. The molecule has 14 heteroatoms. The van der Waals surface area contributed by atoms with Gasteiger partial charge in [-0.15, -0.1) is 11.3 Å². The molecule has 41 heavy (non-hydrogen) atoms. The van der Waals surface area contributed by atoms with Gasteiger partial charge in [0.1, 0.15) is 6.61 Å². The second-order valence-electron chi connectivity index (χ2n) is 10.5. The van der Waals surface area contributed by atoms with Crippen molar-refractivity contribution in [2.75, 3.05) is 51.9 Å². The molecule has 0 unspecified atom stereocenters. The van der Waals surface area contributed by atoms with Crippen LogP contribution in [0.2, 0.25) is 0 Å². The van der Waals surface area contributed by atoms with E-state index >= 15 is 0 Å². The fourth-order valence-electron chi connectivity index (χ4n) is 4.89. The predicted molar refractivity (Wildman–Crippen MR) is 153 cm³/mol. The summed E-state index contributed by atoms with van der Waals surface area (Å²) in [7, 11) is -1.83. The number of hydrogen-bond acceptors (Lipinski definition) is 11. The Morgan fingerprint density at radius 1 is 1.20 bits per heavy atom.